The Bertz CT molecular complexity index is 1460. The molecule has 0 saturated carbocycles. The minimum atomic E-state index is -1.07. The van der Waals surface area contributed by atoms with E-state index in [9.17, 15) is 19.5 Å². The van der Waals surface area contributed by atoms with Crippen molar-refractivity contribution >= 4 is 17.9 Å². The summed E-state index contributed by atoms with van der Waals surface area (Å²) in [5.41, 5.74) is 1.82. The number of methoxy groups -OCH3 is 1. The van der Waals surface area contributed by atoms with Crippen LogP contribution in [0.2, 0.25) is 0 Å². The van der Waals surface area contributed by atoms with Gasteiger partial charge in [0, 0.05) is 57.0 Å². The van der Waals surface area contributed by atoms with Gasteiger partial charge in [0.15, 0.2) is 0 Å². The van der Waals surface area contributed by atoms with Gasteiger partial charge in [-0.25, -0.2) is 9.59 Å². The summed E-state index contributed by atoms with van der Waals surface area (Å²) in [5, 5.41) is 24.5. The molecule has 2 atom stereocenters. The molecule has 4 bridgehead atoms. The summed E-state index contributed by atoms with van der Waals surface area (Å²) in [6.07, 6.45) is 1.71. The quantitative estimate of drug-likeness (QED) is 0.250. The van der Waals surface area contributed by atoms with Crippen molar-refractivity contribution in [2.45, 2.75) is 31.7 Å². The second-order valence-electron chi connectivity index (χ2n) is 10.5. The van der Waals surface area contributed by atoms with E-state index in [4.69, 9.17) is 18.9 Å². The number of nitrogens with one attached hydrogen (secondary N) is 4. The van der Waals surface area contributed by atoms with E-state index >= 15 is 0 Å². The monoisotopic (exact) mass is 608 g/mol. The highest BCUT2D eigenvalue weighted by atomic mass is 16.5. The van der Waals surface area contributed by atoms with Crippen molar-refractivity contribution in [3.8, 4) is 17.2 Å². The summed E-state index contributed by atoms with van der Waals surface area (Å²) in [5.74, 6) is 0.0133. The number of fused-ring (bicyclic) bond motifs is 5. The Balaban J connectivity index is 1.35. The molecule has 0 radical (unpaired) electrons. The number of carboxylic acid groups (broad SMARTS) is 1. The molecule has 3 aromatic rings. The number of urea groups is 1. The number of carbonyl (C=O) groups is 3. The number of nitrogens with zero attached hydrogens (tertiary/aromatic N) is 2. The first-order valence-electron chi connectivity index (χ1n) is 14.3. The highest BCUT2D eigenvalue weighted by molar-refractivity contribution is 5.95. The maximum Gasteiger partial charge on any atom is 0.354 e. The summed E-state index contributed by atoms with van der Waals surface area (Å²) >= 11 is 0. The van der Waals surface area contributed by atoms with Gasteiger partial charge in [0.05, 0.1) is 31.6 Å². The zero-order valence-corrected chi connectivity index (χ0v) is 24.3. The van der Waals surface area contributed by atoms with Crippen molar-refractivity contribution in [3.05, 3.63) is 71.0 Å². The van der Waals surface area contributed by atoms with Crippen LogP contribution in [0.4, 0.5) is 4.79 Å². The standard InChI is InChI=1S/C30H36N6O8/c1-41-9-10-42-23-12-20-13-24(14-23)44-22-4-2-3-19(11-22)18-43-26-17-36(16-21-15-33-35-27(21)29(38)39)8-5-25(26)34-30(40)32-7-6-31-28(20)37/h2-4,11-15,25-26H,5-10,16-18H2,1H3,(H,31,37)(H,33,35)(H,38,39)(H2,32,34,40)/t25-,26-/m0/s1. The van der Waals surface area contributed by atoms with Gasteiger partial charge in [-0.2, -0.15) is 5.10 Å². The number of hydrogen-bond acceptors (Lipinski definition) is 9. The number of likely N-dealkylation sites (tertiary alicyclic amines) is 1. The molecule has 0 aliphatic carbocycles. The lowest BCUT2D eigenvalue weighted by molar-refractivity contribution is -0.0304. The number of benzene rings is 2. The number of carboxylic acids is 1. The summed E-state index contributed by atoms with van der Waals surface area (Å²) in [7, 11) is 1.58. The molecule has 3 amide bonds. The molecule has 2 aromatic carbocycles. The third-order valence-corrected chi connectivity index (χ3v) is 7.28. The minimum Gasteiger partial charge on any atom is -0.491 e. The van der Waals surface area contributed by atoms with E-state index in [0.717, 1.165) is 5.56 Å². The molecule has 0 unspecified atom stereocenters. The molecule has 1 fully saturated rings. The first-order valence-corrected chi connectivity index (χ1v) is 14.3. The first-order chi connectivity index (χ1) is 21.4. The lowest BCUT2D eigenvalue weighted by Gasteiger charge is -2.38. The number of rotatable bonds is 7. The highest BCUT2D eigenvalue weighted by Gasteiger charge is 2.32. The number of hydrogen-bond donors (Lipinski definition) is 5. The van der Waals surface area contributed by atoms with Crippen molar-refractivity contribution in [3.63, 3.8) is 0 Å². The van der Waals surface area contributed by atoms with Gasteiger partial charge in [-0.1, -0.05) is 12.1 Å². The van der Waals surface area contributed by atoms with Gasteiger partial charge in [0.25, 0.3) is 5.91 Å². The fourth-order valence-corrected chi connectivity index (χ4v) is 5.11. The van der Waals surface area contributed by atoms with Crippen LogP contribution in [0.3, 0.4) is 0 Å². The predicted molar refractivity (Wildman–Crippen MR) is 157 cm³/mol. The van der Waals surface area contributed by atoms with Gasteiger partial charge >= 0.3 is 12.0 Å². The molecule has 1 saturated heterocycles. The van der Waals surface area contributed by atoms with Gasteiger partial charge in [-0.3, -0.25) is 14.8 Å². The second kappa shape index (κ2) is 14.7. The number of aromatic carboxylic acids is 1. The molecule has 1 aromatic heterocycles. The Morgan fingerprint density at radius 2 is 1.98 bits per heavy atom. The van der Waals surface area contributed by atoms with E-state index in [2.05, 4.69) is 31.0 Å². The Hall–Kier alpha value is -4.66. The van der Waals surface area contributed by atoms with E-state index in [0.29, 0.717) is 67.6 Å². The summed E-state index contributed by atoms with van der Waals surface area (Å²) in [6.45, 7) is 2.78. The lowest BCUT2D eigenvalue weighted by atomic mass is 10.0. The SMILES string of the molecule is COCCOc1cc2cc(c1)C(=O)NCCNC(=O)N[C@H]1CCN(Cc3cn[nH]c3C(=O)O)C[C@@H]1OCc1cccc(c1)O2. The van der Waals surface area contributed by atoms with Gasteiger partial charge in [-0.15, -0.1) is 0 Å². The average molecular weight is 609 g/mol. The highest BCUT2D eigenvalue weighted by Crippen LogP contribution is 2.29. The lowest BCUT2D eigenvalue weighted by Crippen LogP contribution is -2.56. The van der Waals surface area contributed by atoms with Crippen LogP contribution in [0.1, 0.15) is 38.4 Å². The molecule has 44 heavy (non-hydrogen) atoms. The molecule has 5 rings (SSSR count). The first kappa shape index (κ1) is 30.8. The smallest absolute Gasteiger partial charge is 0.354 e. The van der Waals surface area contributed by atoms with Crippen LogP contribution < -0.4 is 25.4 Å². The molecule has 5 N–H and O–H groups in total. The molecule has 2 aliphatic heterocycles. The Labute approximate surface area is 254 Å². The predicted octanol–water partition coefficient (Wildman–Crippen LogP) is 2.13. The maximum absolute atomic E-state index is 13.0. The average Bonchev–Trinajstić information content (AvgIpc) is 3.47. The van der Waals surface area contributed by atoms with Crippen LogP contribution in [-0.4, -0.2) is 96.8 Å². The fraction of sp³-hybridized carbons (Fsp3) is 0.400. The van der Waals surface area contributed by atoms with Crippen LogP contribution in [-0.2, 0) is 22.6 Å². The molecular formula is C30H36N6O8. The number of H-pyrrole nitrogens is 1. The van der Waals surface area contributed by atoms with Crippen molar-refractivity contribution in [1.29, 1.82) is 0 Å². The maximum atomic E-state index is 13.0. The van der Waals surface area contributed by atoms with Crippen molar-refractivity contribution in [2.24, 2.45) is 0 Å². The number of aromatic nitrogens is 2. The van der Waals surface area contributed by atoms with Crippen molar-refractivity contribution < 1.29 is 38.4 Å². The number of piperidine rings is 1. The number of aromatic amines is 1. The summed E-state index contributed by atoms with van der Waals surface area (Å²) < 4.78 is 23.3. The van der Waals surface area contributed by atoms with Gasteiger partial charge in [0.2, 0.25) is 0 Å². The molecule has 234 valence electrons. The molecule has 3 heterocycles. The van der Waals surface area contributed by atoms with Gasteiger partial charge < -0.3 is 40.0 Å². The van der Waals surface area contributed by atoms with Crippen molar-refractivity contribution in [2.75, 3.05) is 46.5 Å². The molecular weight excluding hydrogens is 572 g/mol. The summed E-state index contributed by atoms with van der Waals surface area (Å²) in [4.78, 5) is 39.4. The van der Waals surface area contributed by atoms with Crippen LogP contribution in [0.15, 0.2) is 48.7 Å². The number of carbonyl (C=O) groups excluding carboxylic acids is 2. The van der Waals surface area contributed by atoms with E-state index in [1.54, 1.807) is 25.3 Å². The van der Waals surface area contributed by atoms with Gasteiger partial charge in [0.1, 0.15) is 29.5 Å². The molecule has 14 heteroatoms. The number of amides is 3. The largest absolute Gasteiger partial charge is 0.491 e. The molecule has 14 nitrogen and oxygen atoms in total. The van der Waals surface area contributed by atoms with E-state index in [1.807, 2.05) is 24.3 Å². The normalized spacial score (nSPS) is 19.7. The van der Waals surface area contributed by atoms with Crippen LogP contribution in [0.25, 0.3) is 0 Å². The third-order valence-electron chi connectivity index (χ3n) is 7.28. The van der Waals surface area contributed by atoms with E-state index < -0.39 is 5.97 Å². The number of ether oxygens (including phenoxy) is 4. The third kappa shape index (κ3) is 8.24. The van der Waals surface area contributed by atoms with Crippen LogP contribution in [0.5, 0.6) is 17.2 Å². The zero-order chi connectivity index (χ0) is 30.9. The Kier molecular flexibility index (Phi) is 10.3. The minimum absolute atomic E-state index is 0.0540. The second-order valence-corrected chi connectivity index (χ2v) is 10.5. The van der Waals surface area contributed by atoms with E-state index in [1.165, 1.54) is 6.20 Å². The topological polar surface area (TPSA) is 176 Å². The molecule has 0 spiro atoms. The summed E-state index contributed by atoms with van der Waals surface area (Å²) in [6, 6.07) is 11.7. The molecule has 2 aliphatic rings. The Morgan fingerprint density at radius 3 is 2.82 bits per heavy atom. The van der Waals surface area contributed by atoms with Gasteiger partial charge in [-0.05, 0) is 36.2 Å². The Morgan fingerprint density at radius 1 is 1.11 bits per heavy atom. The van der Waals surface area contributed by atoms with Crippen LogP contribution >= 0.6 is 0 Å². The fourth-order valence-electron chi connectivity index (χ4n) is 5.11. The van der Waals surface area contributed by atoms with E-state index in [-0.39, 0.29) is 49.5 Å². The van der Waals surface area contributed by atoms with Crippen LogP contribution in [0, 0.1) is 0 Å². The zero-order valence-electron chi connectivity index (χ0n) is 24.3. The van der Waals surface area contributed by atoms with Crippen molar-refractivity contribution in [1.82, 2.24) is 31.0 Å².